The Labute approximate surface area is 144 Å². The zero-order valence-electron chi connectivity index (χ0n) is 15.4. The molecule has 0 saturated carbocycles. The smallest absolute Gasteiger partial charge is 0.413 e. The van der Waals surface area contributed by atoms with Crippen LogP contribution in [0, 0.1) is 0 Å². The number of nitrogens with zero attached hydrogens (tertiary/aromatic N) is 2. The van der Waals surface area contributed by atoms with Crippen LogP contribution < -0.4 is 5.32 Å². The van der Waals surface area contributed by atoms with Crippen molar-refractivity contribution in [1.29, 1.82) is 0 Å². The third-order valence-corrected chi connectivity index (χ3v) is 3.77. The summed E-state index contributed by atoms with van der Waals surface area (Å²) in [4.78, 5) is 18.7. The molecule has 1 N–H and O–H groups in total. The van der Waals surface area contributed by atoms with Crippen molar-refractivity contribution in [2.45, 2.75) is 51.7 Å². The van der Waals surface area contributed by atoms with Crippen LogP contribution >= 0.6 is 0 Å². The van der Waals surface area contributed by atoms with Crippen molar-refractivity contribution >= 4 is 11.9 Å². The molecule has 6 heteroatoms. The fraction of sp³-hybridized carbons (Fsp3) is 0.667. The number of hydrogen-bond acceptors (Lipinski definition) is 5. The number of carbonyl (C=O) groups excluding carboxylic acids is 1. The van der Waals surface area contributed by atoms with Crippen LogP contribution in [0.1, 0.15) is 50.8 Å². The molecular weight excluding hydrogens is 306 g/mol. The van der Waals surface area contributed by atoms with Crippen LogP contribution in [0.2, 0.25) is 0 Å². The van der Waals surface area contributed by atoms with Gasteiger partial charge in [-0.25, -0.2) is 9.78 Å². The van der Waals surface area contributed by atoms with Gasteiger partial charge in [-0.1, -0.05) is 6.07 Å². The number of hydrogen-bond donors (Lipinski definition) is 1. The first kappa shape index (κ1) is 18.7. The van der Waals surface area contributed by atoms with E-state index in [1.165, 1.54) is 5.56 Å². The van der Waals surface area contributed by atoms with E-state index in [2.05, 4.69) is 21.3 Å². The second-order valence-electron chi connectivity index (χ2n) is 7.48. The summed E-state index contributed by atoms with van der Waals surface area (Å²) in [6.07, 6.45) is 1.55. The van der Waals surface area contributed by atoms with Gasteiger partial charge in [0.05, 0.1) is 5.69 Å². The maximum Gasteiger partial charge on any atom is 0.413 e. The van der Waals surface area contributed by atoms with Crippen molar-refractivity contribution < 1.29 is 14.3 Å². The van der Waals surface area contributed by atoms with Crippen LogP contribution in [0.3, 0.4) is 0 Å². The second-order valence-corrected chi connectivity index (χ2v) is 7.48. The lowest BCUT2D eigenvalue weighted by atomic mass is 9.90. The maximum absolute atomic E-state index is 11.9. The number of rotatable bonds is 4. The molecule has 0 atom stereocenters. The minimum Gasteiger partial charge on any atom is -0.444 e. The summed E-state index contributed by atoms with van der Waals surface area (Å²) >= 11 is 0. The molecule has 1 fully saturated rings. The summed E-state index contributed by atoms with van der Waals surface area (Å²) in [5.41, 5.74) is 1.72. The number of nitrogens with one attached hydrogen (secondary N) is 1. The molecule has 0 bridgehead atoms. The van der Waals surface area contributed by atoms with Gasteiger partial charge in [0.15, 0.2) is 0 Å². The van der Waals surface area contributed by atoms with E-state index in [0.717, 1.165) is 38.3 Å². The number of ether oxygens (including phenoxy) is 2. The van der Waals surface area contributed by atoms with E-state index in [1.54, 1.807) is 0 Å². The number of aromatic nitrogens is 1. The Kier molecular flexibility index (Phi) is 6.18. The number of amides is 1. The van der Waals surface area contributed by atoms with Gasteiger partial charge in [-0.3, -0.25) is 5.32 Å². The molecule has 1 aromatic rings. The van der Waals surface area contributed by atoms with Crippen LogP contribution in [0.4, 0.5) is 10.6 Å². The van der Waals surface area contributed by atoms with Gasteiger partial charge in [0, 0.05) is 19.8 Å². The predicted octanol–water partition coefficient (Wildman–Crippen LogP) is 3.38. The lowest BCUT2D eigenvalue weighted by molar-refractivity contribution is 0.0635. The Morgan fingerprint density at radius 3 is 2.58 bits per heavy atom. The van der Waals surface area contributed by atoms with Crippen molar-refractivity contribution in [2.75, 3.05) is 32.6 Å². The first-order chi connectivity index (χ1) is 11.2. The molecule has 0 radical (unpaired) electrons. The monoisotopic (exact) mass is 335 g/mol. The molecule has 0 aromatic carbocycles. The number of carbonyl (C=O) groups is 1. The minimum atomic E-state index is -0.529. The van der Waals surface area contributed by atoms with Crippen LogP contribution in [0.15, 0.2) is 12.1 Å². The third-order valence-electron chi connectivity index (χ3n) is 3.77. The first-order valence-corrected chi connectivity index (χ1v) is 8.47. The Bertz CT molecular complexity index is 561. The molecular formula is C18H29N3O3. The lowest BCUT2D eigenvalue weighted by Crippen LogP contribution is -2.28. The normalized spacial score (nSPS) is 16.2. The quantitative estimate of drug-likeness (QED) is 0.914. The molecule has 1 aliphatic heterocycles. The summed E-state index contributed by atoms with van der Waals surface area (Å²) in [7, 11) is 4.03. The predicted molar refractivity (Wildman–Crippen MR) is 94.3 cm³/mol. The highest BCUT2D eigenvalue weighted by molar-refractivity contribution is 5.83. The van der Waals surface area contributed by atoms with Gasteiger partial charge >= 0.3 is 6.09 Å². The lowest BCUT2D eigenvalue weighted by Gasteiger charge is -2.25. The summed E-state index contributed by atoms with van der Waals surface area (Å²) < 4.78 is 10.8. The van der Waals surface area contributed by atoms with Crippen LogP contribution in [-0.4, -0.2) is 48.9 Å². The Balaban J connectivity index is 2.17. The van der Waals surface area contributed by atoms with Gasteiger partial charge < -0.3 is 14.4 Å². The van der Waals surface area contributed by atoms with E-state index in [9.17, 15) is 4.79 Å². The standard InChI is InChI=1S/C18H29N3O3/c1-18(2,3)24-17(22)20-16-7-6-14(13-8-10-23-11-9-13)15(19-16)12-21(4)5/h6-7,13H,8-12H2,1-5H3,(H,19,20,22). The highest BCUT2D eigenvalue weighted by Crippen LogP contribution is 2.30. The molecule has 1 saturated heterocycles. The minimum absolute atomic E-state index is 0.469. The molecule has 2 rings (SSSR count). The van der Waals surface area contributed by atoms with Gasteiger partial charge in [0.2, 0.25) is 0 Å². The molecule has 6 nitrogen and oxygen atoms in total. The zero-order valence-corrected chi connectivity index (χ0v) is 15.4. The highest BCUT2D eigenvalue weighted by atomic mass is 16.6. The molecule has 0 aliphatic carbocycles. The van der Waals surface area contributed by atoms with E-state index in [0.29, 0.717) is 11.7 Å². The molecule has 0 unspecified atom stereocenters. The molecule has 24 heavy (non-hydrogen) atoms. The SMILES string of the molecule is CN(C)Cc1nc(NC(=O)OC(C)(C)C)ccc1C1CCOCC1. The molecule has 0 spiro atoms. The van der Waals surface area contributed by atoms with Gasteiger partial charge in [-0.2, -0.15) is 0 Å². The number of anilines is 1. The van der Waals surface area contributed by atoms with Crippen LogP contribution in [-0.2, 0) is 16.0 Å². The summed E-state index contributed by atoms with van der Waals surface area (Å²) in [6.45, 7) is 7.84. The fourth-order valence-electron chi connectivity index (χ4n) is 2.80. The summed E-state index contributed by atoms with van der Waals surface area (Å²) in [5.74, 6) is 0.994. The average molecular weight is 335 g/mol. The number of pyridine rings is 1. The summed E-state index contributed by atoms with van der Waals surface area (Å²) in [6, 6.07) is 3.93. The fourth-order valence-corrected chi connectivity index (χ4v) is 2.80. The van der Waals surface area contributed by atoms with Crippen molar-refractivity contribution in [2.24, 2.45) is 0 Å². The third kappa shape index (κ3) is 5.76. The zero-order chi connectivity index (χ0) is 17.7. The molecule has 1 amide bonds. The Morgan fingerprint density at radius 1 is 1.33 bits per heavy atom. The van der Waals surface area contributed by atoms with Crippen molar-refractivity contribution in [3.8, 4) is 0 Å². The van der Waals surface area contributed by atoms with E-state index < -0.39 is 11.7 Å². The highest BCUT2D eigenvalue weighted by Gasteiger charge is 2.21. The van der Waals surface area contributed by atoms with E-state index >= 15 is 0 Å². The van der Waals surface area contributed by atoms with Crippen molar-refractivity contribution in [3.63, 3.8) is 0 Å². The molecule has 134 valence electrons. The van der Waals surface area contributed by atoms with Crippen LogP contribution in [0.5, 0.6) is 0 Å². The largest absolute Gasteiger partial charge is 0.444 e. The molecule has 1 aromatic heterocycles. The Morgan fingerprint density at radius 2 is 2.00 bits per heavy atom. The van der Waals surface area contributed by atoms with Crippen molar-refractivity contribution in [1.82, 2.24) is 9.88 Å². The van der Waals surface area contributed by atoms with Crippen molar-refractivity contribution in [3.05, 3.63) is 23.4 Å². The van der Waals surface area contributed by atoms with Gasteiger partial charge in [0.25, 0.3) is 0 Å². The van der Waals surface area contributed by atoms with Gasteiger partial charge in [-0.05, 0) is 65.3 Å². The topological polar surface area (TPSA) is 63.7 Å². The van der Waals surface area contributed by atoms with E-state index in [-0.39, 0.29) is 0 Å². The first-order valence-electron chi connectivity index (χ1n) is 8.47. The molecule has 2 heterocycles. The summed E-state index contributed by atoms with van der Waals surface area (Å²) in [5, 5.41) is 2.73. The van der Waals surface area contributed by atoms with Gasteiger partial charge in [-0.15, -0.1) is 0 Å². The Hall–Kier alpha value is -1.66. The molecule has 1 aliphatic rings. The van der Waals surface area contributed by atoms with Crippen LogP contribution in [0.25, 0.3) is 0 Å². The average Bonchev–Trinajstić information content (AvgIpc) is 2.45. The maximum atomic E-state index is 11.9. The van der Waals surface area contributed by atoms with Gasteiger partial charge in [0.1, 0.15) is 11.4 Å². The van der Waals surface area contributed by atoms with E-state index in [4.69, 9.17) is 9.47 Å². The second kappa shape index (κ2) is 7.94. The van der Waals surface area contributed by atoms with E-state index in [1.807, 2.05) is 40.9 Å².